The first-order valence-corrected chi connectivity index (χ1v) is 9.30. The summed E-state index contributed by atoms with van der Waals surface area (Å²) in [6.45, 7) is -0.534. The molecule has 1 aromatic heterocycles. The first-order valence-electron chi connectivity index (χ1n) is 7.93. The van der Waals surface area contributed by atoms with E-state index in [2.05, 4.69) is 15.5 Å². The minimum atomic E-state index is -0.653. The van der Waals surface area contributed by atoms with Crippen LogP contribution in [0.3, 0.4) is 0 Å². The maximum atomic E-state index is 13.4. The van der Waals surface area contributed by atoms with E-state index >= 15 is 0 Å². The van der Waals surface area contributed by atoms with E-state index < -0.39 is 24.3 Å². The summed E-state index contributed by atoms with van der Waals surface area (Å²) >= 11 is 6.80. The second-order valence-electron chi connectivity index (χ2n) is 5.36. The van der Waals surface area contributed by atoms with Gasteiger partial charge in [-0.2, -0.15) is 0 Å². The second kappa shape index (κ2) is 9.34. The molecule has 0 aliphatic rings. The lowest BCUT2D eigenvalue weighted by molar-refractivity contribution is -0.144. The van der Waals surface area contributed by atoms with Crippen molar-refractivity contribution in [3.63, 3.8) is 0 Å². The van der Waals surface area contributed by atoms with Gasteiger partial charge in [-0.1, -0.05) is 35.5 Å². The average molecular weight is 422 g/mol. The Morgan fingerprint density at radius 2 is 1.89 bits per heavy atom. The van der Waals surface area contributed by atoms with Crippen molar-refractivity contribution in [2.75, 3.05) is 17.7 Å². The fraction of sp³-hybridized carbons (Fsp3) is 0.111. The van der Waals surface area contributed by atoms with Crippen LogP contribution in [0.4, 0.5) is 10.1 Å². The molecular weight excluding hydrogens is 409 g/mol. The number of benzene rings is 2. The zero-order chi connectivity index (χ0) is 19.9. The number of rotatable bonds is 7. The molecule has 1 N–H and O–H groups in total. The fourth-order valence-corrected chi connectivity index (χ4v) is 2.72. The van der Waals surface area contributed by atoms with Crippen LogP contribution in [0.25, 0.3) is 11.5 Å². The molecule has 0 spiro atoms. The number of carbonyl (C=O) groups is 2. The fourth-order valence-electron chi connectivity index (χ4n) is 2.03. The van der Waals surface area contributed by atoms with E-state index in [9.17, 15) is 14.0 Å². The Kier molecular flexibility index (Phi) is 6.62. The topological polar surface area (TPSA) is 94.3 Å². The van der Waals surface area contributed by atoms with Gasteiger partial charge in [0.05, 0.1) is 5.69 Å². The van der Waals surface area contributed by atoms with Crippen LogP contribution in [0.2, 0.25) is 5.02 Å². The van der Waals surface area contributed by atoms with Gasteiger partial charge in [0.1, 0.15) is 11.6 Å². The summed E-state index contributed by atoms with van der Waals surface area (Å²) in [5.74, 6) is -1.72. The molecular formula is C18H13ClFN3O4S. The number of aromatic nitrogens is 2. The summed E-state index contributed by atoms with van der Waals surface area (Å²) in [4.78, 5) is 23.5. The molecule has 144 valence electrons. The zero-order valence-corrected chi connectivity index (χ0v) is 15.8. The molecule has 0 unspecified atom stereocenters. The number of nitrogens with one attached hydrogen (secondary N) is 1. The largest absolute Gasteiger partial charge is 0.455 e. The second-order valence-corrected chi connectivity index (χ2v) is 6.72. The molecule has 0 saturated heterocycles. The molecule has 0 aliphatic carbocycles. The summed E-state index contributed by atoms with van der Waals surface area (Å²) < 4.78 is 23.7. The molecule has 1 heterocycles. The summed E-state index contributed by atoms with van der Waals surface area (Å²) in [5.41, 5.74) is 0.703. The van der Waals surface area contributed by atoms with Crippen LogP contribution in [0.5, 0.6) is 0 Å². The number of esters is 1. The Labute approximate surface area is 168 Å². The van der Waals surface area contributed by atoms with E-state index in [1.807, 2.05) is 0 Å². The van der Waals surface area contributed by atoms with E-state index in [1.54, 1.807) is 30.3 Å². The highest BCUT2D eigenvalue weighted by atomic mass is 35.5. The van der Waals surface area contributed by atoms with Gasteiger partial charge in [-0.05, 0) is 36.4 Å². The van der Waals surface area contributed by atoms with Crippen LogP contribution in [0.1, 0.15) is 0 Å². The number of hydrogen-bond donors (Lipinski definition) is 1. The quantitative estimate of drug-likeness (QED) is 0.458. The van der Waals surface area contributed by atoms with Crippen molar-refractivity contribution in [3.05, 3.63) is 59.4 Å². The van der Waals surface area contributed by atoms with Gasteiger partial charge in [0, 0.05) is 10.6 Å². The molecule has 0 bridgehead atoms. The maximum absolute atomic E-state index is 13.4. The van der Waals surface area contributed by atoms with Crippen LogP contribution in [-0.4, -0.2) is 34.4 Å². The van der Waals surface area contributed by atoms with Crippen molar-refractivity contribution in [2.45, 2.75) is 5.22 Å². The number of amides is 1. The molecule has 0 saturated carbocycles. The average Bonchev–Trinajstić information content (AvgIpc) is 3.16. The number of nitrogens with zero attached hydrogens (tertiary/aromatic N) is 2. The maximum Gasteiger partial charge on any atom is 0.316 e. The third-order valence-corrected chi connectivity index (χ3v) is 4.37. The smallest absolute Gasteiger partial charge is 0.316 e. The van der Waals surface area contributed by atoms with Crippen molar-refractivity contribution >= 4 is 40.9 Å². The van der Waals surface area contributed by atoms with Gasteiger partial charge in [0.2, 0.25) is 5.89 Å². The van der Waals surface area contributed by atoms with Crippen LogP contribution < -0.4 is 5.32 Å². The predicted octanol–water partition coefficient (Wildman–Crippen LogP) is 3.80. The first kappa shape index (κ1) is 19.8. The van der Waals surface area contributed by atoms with Gasteiger partial charge < -0.3 is 14.5 Å². The molecule has 7 nitrogen and oxygen atoms in total. The molecule has 3 aromatic rings. The highest BCUT2D eigenvalue weighted by Gasteiger charge is 2.14. The molecule has 0 atom stereocenters. The Hall–Kier alpha value is -2.91. The highest BCUT2D eigenvalue weighted by molar-refractivity contribution is 7.99. The number of hydrogen-bond acceptors (Lipinski definition) is 7. The third kappa shape index (κ3) is 5.54. The Morgan fingerprint density at radius 1 is 1.14 bits per heavy atom. The van der Waals surface area contributed by atoms with Crippen molar-refractivity contribution in [2.24, 2.45) is 0 Å². The number of carbonyl (C=O) groups excluding carboxylic acids is 2. The Balaban J connectivity index is 1.44. The van der Waals surface area contributed by atoms with Crippen LogP contribution in [0, 0.1) is 5.82 Å². The first-order chi connectivity index (χ1) is 13.5. The number of thioether (sulfide) groups is 1. The lowest BCUT2D eigenvalue weighted by Crippen LogP contribution is -2.22. The molecule has 10 heteroatoms. The summed E-state index contributed by atoms with van der Waals surface area (Å²) in [5, 5.41) is 10.8. The minimum Gasteiger partial charge on any atom is -0.455 e. The van der Waals surface area contributed by atoms with Crippen molar-refractivity contribution < 1.29 is 23.1 Å². The molecule has 28 heavy (non-hydrogen) atoms. The van der Waals surface area contributed by atoms with E-state index in [1.165, 1.54) is 18.2 Å². The summed E-state index contributed by atoms with van der Waals surface area (Å²) in [6, 6.07) is 12.5. The van der Waals surface area contributed by atoms with Gasteiger partial charge >= 0.3 is 5.97 Å². The number of anilines is 1. The standard InChI is InChI=1S/C18H13ClFN3O4S/c19-12-7-5-11(6-8-12)17-22-23-18(27-17)28-10-16(25)26-9-15(24)21-14-4-2-1-3-13(14)20/h1-8H,9-10H2,(H,21,24). The number of halogens is 2. The minimum absolute atomic E-state index is 0.0125. The summed E-state index contributed by atoms with van der Waals surface area (Å²) in [7, 11) is 0. The van der Waals surface area contributed by atoms with Crippen LogP contribution in [-0.2, 0) is 14.3 Å². The van der Waals surface area contributed by atoms with Crippen molar-refractivity contribution in [1.82, 2.24) is 10.2 Å². The molecule has 0 radical (unpaired) electrons. The molecule has 3 rings (SSSR count). The zero-order valence-electron chi connectivity index (χ0n) is 14.2. The van der Waals surface area contributed by atoms with Gasteiger partial charge in [-0.3, -0.25) is 9.59 Å². The monoisotopic (exact) mass is 421 g/mol. The SMILES string of the molecule is O=C(COC(=O)CSc1nnc(-c2ccc(Cl)cc2)o1)Nc1ccccc1F. The highest BCUT2D eigenvalue weighted by Crippen LogP contribution is 2.24. The normalized spacial score (nSPS) is 10.5. The third-order valence-electron chi connectivity index (χ3n) is 3.32. The van der Waals surface area contributed by atoms with Crippen molar-refractivity contribution in [1.29, 1.82) is 0 Å². The van der Waals surface area contributed by atoms with Crippen LogP contribution >= 0.6 is 23.4 Å². The Bertz CT molecular complexity index is 981. The van der Waals surface area contributed by atoms with E-state index in [0.717, 1.165) is 11.8 Å². The van der Waals surface area contributed by atoms with E-state index in [0.29, 0.717) is 10.6 Å². The molecule has 2 aromatic carbocycles. The van der Waals surface area contributed by atoms with Gasteiger partial charge in [0.15, 0.2) is 6.61 Å². The molecule has 0 aliphatic heterocycles. The van der Waals surface area contributed by atoms with Crippen LogP contribution in [0.15, 0.2) is 58.2 Å². The Morgan fingerprint density at radius 3 is 2.64 bits per heavy atom. The number of ether oxygens (including phenoxy) is 1. The van der Waals surface area contributed by atoms with Crippen molar-refractivity contribution in [3.8, 4) is 11.5 Å². The summed E-state index contributed by atoms with van der Waals surface area (Å²) in [6.07, 6.45) is 0. The van der Waals surface area contributed by atoms with Gasteiger partial charge in [0.25, 0.3) is 11.1 Å². The lowest BCUT2D eigenvalue weighted by Gasteiger charge is -2.06. The lowest BCUT2D eigenvalue weighted by atomic mass is 10.2. The van der Waals surface area contributed by atoms with Gasteiger partial charge in [-0.15, -0.1) is 10.2 Å². The van der Waals surface area contributed by atoms with E-state index in [-0.39, 0.29) is 22.6 Å². The van der Waals surface area contributed by atoms with E-state index in [4.69, 9.17) is 20.8 Å². The predicted molar refractivity (Wildman–Crippen MR) is 101 cm³/mol. The van der Waals surface area contributed by atoms with Gasteiger partial charge in [-0.25, -0.2) is 4.39 Å². The molecule has 1 amide bonds. The number of para-hydroxylation sites is 1. The molecule has 0 fully saturated rings.